The second kappa shape index (κ2) is 12.6. The van der Waals surface area contributed by atoms with E-state index in [9.17, 15) is 15.3 Å². The van der Waals surface area contributed by atoms with Crippen molar-refractivity contribution in [1.82, 2.24) is 0 Å². The molecule has 3 aromatic rings. The first-order chi connectivity index (χ1) is 17.5. The Labute approximate surface area is 211 Å². The van der Waals surface area contributed by atoms with Crippen LogP contribution in [0.4, 0.5) is 0 Å². The van der Waals surface area contributed by atoms with Crippen LogP contribution in [0.25, 0.3) is 0 Å². The lowest BCUT2D eigenvalue weighted by Crippen LogP contribution is -2.67. The summed E-state index contributed by atoms with van der Waals surface area (Å²) in [5.74, 6) is -1.82. The Morgan fingerprint density at radius 1 is 0.722 bits per heavy atom. The van der Waals surface area contributed by atoms with Crippen molar-refractivity contribution in [1.29, 1.82) is 0 Å². The minimum Gasteiger partial charge on any atom is -0.394 e. The minimum absolute atomic E-state index is 0.217. The Balaban J connectivity index is 1.62. The number of ether oxygens (including phenoxy) is 4. The molecule has 0 aliphatic carbocycles. The van der Waals surface area contributed by atoms with Crippen LogP contribution in [0.15, 0.2) is 91.0 Å². The Hall–Kier alpha value is -2.62. The van der Waals surface area contributed by atoms with Crippen LogP contribution >= 0.6 is 0 Å². The molecule has 1 aliphatic heterocycles. The van der Waals surface area contributed by atoms with E-state index in [0.29, 0.717) is 0 Å². The molecule has 1 aliphatic rings. The molecule has 0 radical (unpaired) electrons. The quantitative estimate of drug-likeness (QED) is 0.377. The molecule has 1 heterocycles. The largest absolute Gasteiger partial charge is 0.394 e. The summed E-state index contributed by atoms with van der Waals surface area (Å²) in [7, 11) is 0. The molecule has 6 atom stereocenters. The van der Waals surface area contributed by atoms with Gasteiger partial charge in [0, 0.05) is 0 Å². The maximum absolute atomic E-state index is 11.3. The highest BCUT2D eigenvalue weighted by atomic mass is 16.7. The Morgan fingerprint density at radius 3 is 1.58 bits per heavy atom. The van der Waals surface area contributed by atoms with Gasteiger partial charge in [0.1, 0.15) is 30.5 Å². The van der Waals surface area contributed by atoms with Gasteiger partial charge in [-0.2, -0.15) is 0 Å². The van der Waals surface area contributed by atoms with Crippen molar-refractivity contribution in [3.8, 4) is 0 Å². The number of hydrogen-bond acceptors (Lipinski definition) is 7. The lowest BCUT2D eigenvalue weighted by atomic mass is 9.90. The second-order valence-corrected chi connectivity index (χ2v) is 9.13. The van der Waals surface area contributed by atoms with E-state index in [2.05, 4.69) is 0 Å². The van der Waals surface area contributed by atoms with Crippen molar-refractivity contribution >= 4 is 0 Å². The summed E-state index contributed by atoms with van der Waals surface area (Å²) in [5, 5.41) is 31.7. The Bertz CT molecular complexity index is 1030. The van der Waals surface area contributed by atoms with Crippen molar-refractivity contribution in [2.24, 2.45) is 0 Å². The molecule has 0 spiro atoms. The first-order valence-electron chi connectivity index (χ1n) is 12.1. The Kier molecular flexibility index (Phi) is 9.23. The average Bonchev–Trinajstić information content (AvgIpc) is 2.91. The maximum atomic E-state index is 11.3. The normalized spacial score (nSPS) is 27.0. The van der Waals surface area contributed by atoms with Crippen LogP contribution in [0.2, 0.25) is 0 Å². The number of aliphatic hydroxyl groups excluding tert-OH is 2. The van der Waals surface area contributed by atoms with Gasteiger partial charge in [0.25, 0.3) is 0 Å². The molecule has 0 amide bonds. The number of aliphatic hydroxyl groups is 3. The van der Waals surface area contributed by atoms with Gasteiger partial charge in [-0.3, -0.25) is 0 Å². The highest BCUT2D eigenvalue weighted by molar-refractivity contribution is 5.16. The first-order valence-corrected chi connectivity index (χ1v) is 12.1. The summed E-state index contributed by atoms with van der Waals surface area (Å²) >= 11 is 0. The molecule has 4 rings (SSSR count). The second-order valence-electron chi connectivity index (χ2n) is 9.13. The number of rotatable bonds is 11. The van der Waals surface area contributed by atoms with E-state index in [1.807, 2.05) is 91.0 Å². The van der Waals surface area contributed by atoms with E-state index in [0.717, 1.165) is 16.7 Å². The summed E-state index contributed by atoms with van der Waals surface area (Å²) in [5.41, 5.74) is 2.79. The van der Waals surface area contributed by atoms with Gasteiger partial charge in [-0.1, -0.05) is 91.0 Å². The summed E-state index contributed by atoms with van der Waals surface area (Å²) in [6.45, 7) is 1.59. The fourth-order valence-corrected chi connectivity index (χ4v) is 4.39. The molecule has 7 nitrogen and oxygen atoms in total. The topological polar surface area (TPSA) is 97.6 Å². The monoisotopic (exact) mass is 494 g/mol. The van der Waals surface area contributed by atoms with Gasteiger partial charge in [0.15, 0.2) is 5.79 Å². The van der Waals surface area contributed by atoms with E-state index >= 15 is 0 Å². The van der Waals surface area contributed by atoms with Gasteiger partial charge < -0.3 is 34.3 Å². The van der Waals surface area contributed by atoms with Gasteiger partial charge in [0.05, 0.1) is 26.4 Å². The Morgan fingerprint density at radius 2 is 1.14 bits per heavy atom. The van der Waals surface area contributed by atoms with Gasteiger partial charge in [-0.25, -0.2) is 0 Å². The van der Waals surface area contributed by atoms with Crippen LogP contribution in [-0.4, -0.2) is 58.2 Å². The molecule has 1 fully saturated rings. The van der Waals surface area contributed by atoms with E-state index in [-0.39, 0.29) is 19.8 Å². The summed E-state index contributed by atoms with van der Waals surface area (Å²) < 4.78 is 24.7. The van der Waals surface area contributed by atoms with Gasteiger partial charge >= 0.3 is 0 Å². The first kappa shape index (κ1) is 26.4. The molecule has 3 N–H and O–H groups in total. The highest BCUT2D eigenvalue weighted by Gasteiger charge is 2.55. The standard InChI is InChI=1S/C29H34O7/c1-29(32)28(35-20-23-15-9-4-10-16-23)27(34-19-22-13-7-3-8-14-22)26(25(36-29)24(31)17-30)33-18-21-11-5-2-6-12-21/h2-16,24-28,30-32H,17-20H2,1H3/t24-,25-,26-,27+,28-,29+/m1/s1. The van der Waals surface area contributed by atoms with Crippen molar-refractivity contribution in [3.63, 3.8) is 0 Å². The third kappa shape index (κ3) is 6.78. The number of hydrogen-bond donors (Lipinski definition) is 3. The molecule has 0 aromatic heterocycles. The molecule has 7 heteroatoms. The zero-order chi connectivity index (χ0) is 25.4. The third-order valence-corrected chi connectivity index (χ3v) is 6.26. The predicted octanol–water partition coefficient (Wildman–Crippen LogP) is 3.20. The number of benzene rings is 3. The molecule has 0 bridgehead atoms. The van der Waals surface area contributed by atoms with Crippen molar-refractivity contribution in [2.45, 2.75) is 63.1 Å². The minimum atomic E-state index is -1.82. The van der Waals surface area contributed by atoms with E-state index < -0.39 is 42.9 Å². The fraction of sp³-hybridized carbons (Fsp3) is 0.379. The molecule has 1 saturated heterocycles. The predicted molar refractivity (Wildman–Crippen MR) is 134 cm³/mol. The van der Waals surface area contributed by atoms with Crippen molar-refractivity contribution in [3.05, 3.63) is 108 Å². The molecule has 192 valence electrons. The summed E-state index contributed by atoms with van der Waals surface area (Å²) in [4.78, 5) is 0. The van der Waals surface area contributed by atoms with Crippen LogP contribution in [0.5, 0.6) is 0 Å². The van der Waals surface area contributed by atoms with Crippen LogP contribution < -0.4 is 0 Å². The molecular formula is C29H34O7. The molecule has 0 saturated carbocycles. The summed E-state index contributed by atoms with van der Waals surface area (Å²) in [6.07, 6.45) is -4.94. The zero-order valence-electron chi connectivity index (χ0n) is 20.4. The molecular weight excluding hydrogens is 460 g/mol. The highest BCUT2D eigenvalue weighted by Crippen LogP contribution is 2.36. The van der Waals surface area contributed by atoms with Crippen LogP contribution in [-0.2, 0) is 38.8 Å². The van der Waals surface area contributed by atoms with E-state index in [1.54, 1.807) is 0 Å². The zero-order valence-corrected chi connectivity index (χ0v) is 20.4. The fourth-order valence-electron chi connectivity index (χ4n) is 4.39. The van der Waals surface area contributed by atoms with E-state index in [1.165, 1.54) is 6.92 Å². The molecule has 3 aromatic carbocycles. The van der Waals surface area contributed by atoms with Crippen molar-refractivity contribution < 1.29 is 34.3 Å². The third-order valence-electron chi connectivity index (χ3n) is 6.26. The lowest BCUT2D eigenvalue weighted by molar-refractivity contribution is -0.370. The SMILES string of the molecule is C[C@]1(O)O[C@H]([C@H](O)CO)[C@@H](OCc2ccccc2)[C@H](OCc2ccccc2)[C@H]1OCc1ccccc1. The smallest absolute Gasteiger partial charge is 0.192 e. The lowest BCUT2D eigenvalue weighted by Gasteiger charge is -2.50. The average molecular weight is 495 g/mol. The van der Waals surface area contributed by atoms with E-state index in [4.69, 9.17) is 18.9 Å². The van der Waals surface area contributed by atoms with Gasteiger partial charge in [-0.15, -0.1) is 0 Å². The van der Waals surface area contributed by atoms with Gasteiger partial charge in [0.2, 0.25) is 0 Å². The molecule has 0 unspecified atom stereocenters. The van der Waals surface area contributed by atoms with Crippen LogP contribution in [0.1, 0.15) is 23.6 Å². The molecule has 36 heavy (non-hydrogen) atoms. The van der Waals surface area contributed by atoms with Crippen LogP contribution in [0.3, 0.4) is 0 Å². The summed E-state index contributed by atoms with van der Waals surface area (Å²) in [6, 6.07) is 28.9. The van der Waals surface area contributed by atoms with Crippen LogP contribution in [0, 0.1) is 0 Å². The van der Waals surface area contributed by atoms with Crippen molar-refractivity contribution in [2.75, 3.05) is 6.61 Å². The van der Waals surface area contributed by atoms with Gasteiger partial charge in [-0.05, 0) is 23.6 Å². The maximum Gasteiger partial charge on any atom is 0.192 e.